The Morgan fingerprint density at radius 2 is 1.30 bits per heavy atom. The van der Waals surface area contributed by atoms with E-state index < -0.39 is 7.81 Å². The van der Waals surface area contributed by atoms with Crippen LogP contribution in [0.15, 0.2) is 12.1 Å². The van der Waals surface area contributed by atoms with Gasteiger partial charge < -0.3 is 4.74 Å². The fraction of sp³-hybridized carbons (Fsp3) is 0.500. The molecular weight excluding hydrogens is 343 g/mol. The van der Waals surface area contributed by atoms with Gasteiger partial charge in [0.25, 0.3) is 0 Å². The zero-order valence-corrected chi connectivity index (χ0v) is 14.0. The van der Waals surface area contributed by atoms with Crippen molar-refractivity contribution in [2.45, 2.75) is 33.6 Å². The first kappa shape index (κ1) is 19.7. The third kappa shape index (κ3) is 10.2. The first-order valence-electron chi connectivity index (χ1n) is 7.00. The Morgan fingerprint density at radius 1 is 0.913 bits per heavy atom. The summed E-state index contributed by atoms with van der Waals surface area (Å²) in [7, 11) is -10.7. The van der Waals surface area contributed by atoms with Crippen molar-refractivity contribution in [3.05, 3.63) is 28.8 Å². The van der Waals surface area contributed by atoms with Gasteiger partial charge in [-0.1, -0.05) is 17.7 Å². The van der Waals surface area contributed by atoms with Gasteiger partial charge in [-0.05, 0) is 31.9 Å². The Kier molecular flexibility index (Phi) is 5.12. The van der Waals surface area contributed by atoms with Crippen molar-refractivity contribution in [3.8, 4) is 5.75 Å². The molecule has 0 unspecified atom stereocenters. The van der Waals surface area contributed by atoms with Gasteiger partial charge in [-0.2, -0.15) is 0 Å². The van der Waals surface area contributed by atoms with E-state index in [1.807, 2.05) is 6.40 Å². The normalized spacial score (nSPS) is 17.7. The van der Waals surface area contributed by atoms with Gasteiger partial charge in [0.1, 0.15) is 18.8 Å². The molecule has 1 aliphatic heterocycles. The van der Waals surface area contributed by atoms with Gasteiger partial charge in [-0.15, -0.1) is 0 Å². The van der Waals surface area contributed by atoms with E-state index in [0.29, 0.717) is 0 Å². The summed E-state index contributed by atoms with van der Waals surface area (Å²) in [4.78, 5) is 0. The molecule has 9 heteroatoms. The molecule has 0 bridgehead atoms. The maximum atomic E-state index is 9.87. The van der Waals surface area contributed by atoms with Gasteiger partial charge in [-0.3, -0.25) is 0 Å². The predicted molar refractivity (Wildman–Crippen MR) is 80.1 cm³/mol. The van der Waals surface area contributed by atoms with Crippen LogP contribution >= 0.6 is 7.81 Å². The Bertz CT molecular complexity index is 567. The van der Waals surface area contributed by atoms with Crippen LogP contribution in [0.1, 0.15) is 29.5 Å². The Balaban J connectivity index is 0.000000322. The van der Waals surface area contributed by atoms with Gasteiger partial charge >= 0.3 is 39.4 Å². The van der Waals surface area contributed by atoms with Crippen molar-refractivity contribution in [2.24, 2.45) is 0 Å². The number of hydrogen-bond acceptors (Lipinski definition) is 1. The summed E-state index contributed by atoms with van der Waals surface area (Å²) < 4.78 is 67.3. The van der Waals surface area contributed by atoms with Crippen molar-refractivity contribution >= 4 is 14.2 Å². The van der Waals surface area contributed by atoms with Gasteiger partial charge in [0.05, 0.1) is 0 Å². The molecule has 2 rings (SSSR count). The molecule has 0 atom stereocenters. The van der Waals surface area contributed by atoms with Gasteiger partial charge in [0.15, 0.2) is 0 Å². The zero-order chi connectivity index (χ0) is 18.0. The summed E-state index contributed by atoms with van der Waals surface area (Å²) in [6, 6.07) is 4.33. The van der Waals surface area contributed by atoms with E-state index in [1.165, 1.54) is 29.5 Å². The fourth-order valence-corrected chi connectivity index (χ4v) is 2.33. The van der Waals surface area contributed by atoms with Crippen LogP contribution in [0.4, 0.5) is 25.2 Å². The second-order valence-electron chi connectivity index (χ2n) is 5.65. The summed E-state index contributed by atoms with van der Waals surface area (Å²) in [5.41, 5.74) is 3.73. The van der Waals surface area contributed by atoms with Crippen molar-refractivity contribution in [2.75, 3.05) is 13.1 Å². The third-order valence-electron chi connectivity index (χ3n) is 3.06. The van der Waals surface area contributed by atoms with Gasteiger partial charge in [0.2, 0.25) is 0 Å². The minimum atomic E-state index is -10.7. The van der Waals surface area contributed by atoms with Crippen LogP contribution in [-0.4, -0.2) is 24.1 Å². The molecule has 1 aliphatic rings. The molecule has 1 aromatic carbocycles. The molecule has 0 spiro atoms. The topological polar surface area (TPSA) is 12.2 Å². The molecule has 0 aromatic heterocycles. The average Bonchev–Trinajstić information content (AvgIpc) is 2.75. The molecule has 134 valence electrons. The number of aryl methyl sites for hydroxylation is 3. The summed E-state index contributed by atoms with van der Waals surface area (Å²) in [5.74, 6) is 1.01. The van der Waals surface area contributed by atoms with Crippen LogP contribution < -0.4 is 4.74 Å². The molecule has 0 radical (unpaired) electrons. The Labute approximate surface area is 131 Å². The van der Waals surface area contributed by atoms with Crippen molar-refractivity contribution in [3.63, 3.8) is 0 Å². The van der Waals surface area contributed by atoms with E-state index in [9.17, 15) is 25.2 Å². The van der Waals surface area contributed by atoms with Crippen LogP contribution in [0.5, 0.6) is 5.75 Å². The summed E-state index contributed by atoms with van der Waals surface area (Å²) >= 11 is 0. The number of hydrogen-bond donors (Lipinski definition) is 0. The van der Waals surface area contributed by atoms with E-state index in [4.69, 9.17) is 4.74 Å². The number of rotatable bonds is 2. The molecule has 1 heterocycles. The molecule has 1 fully saturated rings. The number of benzene rings is 1. The summed E-state index contributed by atoms with van der Waals surface area (Å²) in [6.07, 6.45) is 4.45. The number of nitrogens with zero attached hydrogens (tertiary/aromatic N) is 1. The Hall–Kier alpha value is -1.30. The predicted octanol–water partition coefficient (Wildman–Crippen LogP) is 6.21. The van der Waals surface area contributed by atoms with E-state index in [1.54, 1.807) is 0 Å². The van der Waals surface area contributed by atoms with E-state index in [2.05, 4.69) is 37.5 Å². The van der Waals surface area contributed by atoms with E-state index in [-0.39, 0.29) is 0 Å². The Morgan fingerprint density at radius 3 is 1.70 bits per heavy atom. The van der Waals surface area contributed by atoms with Crippen LogP contribution in [0, 0.1) is 20.8 Å². The van der Waals surface area contributed by atoms with Crippen LogP contribution in [-0.2, 0) is 0 Å². The number of halogens is 6. The first-order valence-corrected chi connectivity index (χ1v) is 9.03. The molecule has 0 N–H and O–H groups in total. The molecule has 23 heavy (non-hydrogen) atoms. The molecule has 0 saturated carbocycles. The van der Waals surface area contributed by atoms with E-state index in [0.717, 1.165) is 18.8 Å². The molecular formula is C14H20F6NOP. The second kappa shape index (κ2) is 5.96. The summed E-state index contributed by atoms with van der Waals surface area (Å²) in [5, 5.41) is 0. The summed E-state index contributed by atoms with van der Waals surface area (Å²) in [6.45, 7) is 8.59. The van der Waals surface area contributed by atoms with Crippen molar-refractivity contribution in [1.29, 1.82) is 0 Å². The van der Waals surface area contributed by atoms with Crippen molar-refractivity contribution in [1.82, 2.24) is 0 Å². The minimum absolute atomic E-state index is 1.01. The van der Waals surface area contributed by atoms with Crippen LogP contribution in [0.3, 0.4) is 0 Å². The van der Waals surface area contributed by atoms with Gasteiger partial charge in [-0.25, -0.2) is 4.58 Å². The van der Waals surface area contributed by atoms with E-state index >= 15 is 0 Å². The average molecular weight is 363 g/mol. The quantitative estimate of drug-likeness (QED) is 0.263. The molecule has 2 nitrogen and oxygen atoms in total. The fourth-order valence-electron chi connectivity index (χ4n) is 2.33. The monoisotopic (exact) mass is 363 g/mol. The van der Waals surface area contributed by atoms with Crippen LogP contribution in [0.2, 0.25) is 0 Å². The van der Waals surface area contributed by atoms with Crippen LogP contribution in [0.25, 0.3) is 0 Å². The third-order valence-corrected chi connectivity index (χ3v) is 3.06. The molecule has 0 amide bonds. The van der Waals surface area contributed by atoms with Crippen molar-refractivity contribution < 1.29 is 34.5 Å². The SMILES string of the molecule is Cc1cc(C)c(OC=[N+]2CCCC2)c(C)c1.F[P-](F)(F)(F)(F)F. The molecule has 0 aliphatic carbocycles. The maximum absolute atomic E-state index is 10.7. The number of ether oxygens (including phenoxy) is 1. The second-order valence-corrected chi connectivity index (χ2v) is 7.57. The zero-order valence-electron chi connectivity index (χ0n) is 13.1. The molecule has 1 aromatic rings. The first-order chi connectivity index (χ1) is 10.1. The van der Waals surface area contributed by atoms with Gasteiger partial charge in [0, 0.05) is 12.8 Å². The molecule has 1 saturated heterocycles. The standard InChI is InChI=1S/C14H20NO.F6P/c1-11-8-12(2)14(13(3)9-11)16-10-15-6-4-5-7-15;1-7(2,3,4,5)6/h8-10H,4-7H2,1-3H3;/q+1;-1.